The van der Waals surface area contributed by atoms with E-state index in [2.05, 4.69) is 5.32 Å². The summed E-state index contributed by atoms with van der Waals surface area (Å²) in [6.07, 6.45) is -0.589. The first-order chi connectivity index (χ1) is 11.6. The number of carbonyl (C=O) groups is 1. The molecule has 24 heavy (non-hydrogen) atoms. The van der Waals surface area contributed by atoms with Crippen molar-refractivity contribution in [2.45, 2.75) is 19.6 Å². The molecule has 3 rings (SSSR count). The number of ether oxygens (including phenoxy) is 1. The predicted octanol–water partition coefficient (Wildman–Crippen LogP) is 4.58. The molecule has 1 N–H and O–H groups in total. The maximum Gasteiger partial charge on any atom is 0.261 e. The normalized spacial score (nSPS) is 11.9. The average molecular weight is 340 g/mol. The number of carbonyl (C=O) groups excluding carboxylic acids is 1. The SMILES string of the molecule is C[C@@H](Oc1ccc2ccccc2c1)C(=O)NCc1ccccc1Cl. The zero-order valence-electron chi connectivity index (χ0n) is 13.3. The molecule has 0 bridgehead atoms. The summed E-state index contributed by atoms with van der Waals surface area (Å²) in [5, 5.41) is 5.71. The van der Waals surface area contributed by atoms with Gasteiger partial charge in [-0.05, 0) is 41.5 Å². The van der Waals surface area contributed by atoms with Crippen molar-refractivity contribution in [2.75, 3.05) is 0 Å². The number of hydrogen-bond acceptors (Lipinski definition) is 2. The highest BCUT2D eigenvalue weighted by Gasteiger charge is 2.15. The summed E-state index contributed by atoms with van der Waals surface area (Å²) in [7, 11) is 0. The molecule has 0 aliphatic rings. The van der Waals surface area contributed by atoms with E-state index in [1.165, 1.54) is 0 Å². The van der Waals surface area contributed by atoms with Crippen LogP contribution in [0.15, 0.2) is 66.7 Å². The van der Waals surface area contributed by atoms with E-state index in [9.17, 15) is 4.79 Å². The lowest BCUT2D eigenvalue weighted by atomic mass is 10.1. The predicted molar refractivity (Wildman–Crippen MR) is 97.3 cm³/mol. The summed E-state index contributed by atoms with van der Waals surface area (Å²) >= 11 is 6.09. The van der Waals surface area contributed by atoms with Crippen LogP contribution in [0.25, 0.3) is 10.8 Å². The van der Waals surface area contributed by atoms with Crippen molar-refractivity contribution in [3.05, 3.63) is 77.3 Å². The topological polar surface area (TPSA) is 38.3 Å². The second-order valence-corrected chi connectivity index (χ2v) is 5.99. The maximum atomic E-state index is 12.2. The molecule has 0 radical (unpaired) electrons. The van der Waals surface area contributed by atoms with Crippen LogP contribution < -0.4 is 10.1 Å². The molecular formula is C20H18ClNO2. The zero-order valence-corrected chi connectivity index (χ0v) is 14.1. The van der Waals surface area contributed by atoms with Crippen molar-refractivity contribution in [2.24, 2.45) is 0 Å². The number of nitrogens with one attached hydrogen (secondary N) is 1. The van der Waals surface area contributed by atoms with Gasteiger partial charge in [0.1, 0.15) is 5.75 Å². The Morgan fingerprint density at radius 3 is 2.54 bits per heavy atom. The van der Waals surface area contributed by atoms with Gasteiger partial charge in [-0.15, -0.1) is 0 Å². The van der Waals surface area contributed by atoms with Crippen molar-refractivity contribution in [3.8, 4) is 5.75 Å². The van der Waals surface area contributed by atoms with Crippen LogP contribution in [0, 0.1) is 0 Å². The number of hydrogen-bond donors (Lipinski definition) is 1. The quantitative estimate of drug-likeness (QED) is 0.739. The molecule has 3 aromatic carbocycles. The van der Waals surface area contributed by atoms with E-state index in [4.69, 9.17) is 16.3 Å². The molecule has 0 saturated heterocycles. The molecule has 3 nitrogen and oxygen atoms in total. The summed E-state index contributed by atoms with van der Waals surface area (Å²) in [5.41, 5.74) is 0.880. The number of rotatable bonds is 5. The van der Waals surface area contributed by atoms with Crippen LogP contribution in [0.3, 0.4) is 0 Å². The van der Waals surface area contributed by atoms with Crippen LogP contribution in [0.1, 0.15) is 12.5 Å². The summed E-state index contributed by atoms with van der Waals surface area (Å²) in [4.78, 5) is 12.2. The second-order valence-electron chi connectivity index (χ2n) is 5.58. The second kappa shape index (κ2) is 7.37. The Morgan fingerprint density at radius 1 is 1.04 bits per heavy atom. The fraction of sp³-hybridized carbons (Fsp3) is 0.150. The minimum absolute atomic E-state index is 0.178. The molecule has 0 saturated carbocycles. The molecule has 3 aromatic rings. The summed E-state index contributed by atoms with van der Waals surface area (Å²) in [6, 6.07) is 21.3. The number of halogens is 1. The van der Waals surface area contributed by atoms with Gasteiger partial charge in [-0.1, -0.05) is 60.1 Å². The van der Waals surface area contributed by atoms with Crippen molar-refractivity contribution in [1.82, 2.24) is 5.32 Å². The number of fused-ring (bicyclic) bond motifs is 1. The van der Waals surface area contributed by atoms with Crippen LogP contribution in [-0.2, 0) is 11.3 Å². The van der Waals surface area contributed by atoms with E-state index in [1.807, 2.05) is 60.7 Å². The molecule has 0 unspecified atom stereocenters. The van der Waals surface area contributed by atoms with E-state index < -0.39 is 6.10 Å². The van der Waals surface area contributed by atoms with E-state index in [1.54, 1.807) is 13.0 Å². The number of amides is 1. The van der Waals surface area contributed by atoms with Crippen molar-refractivity contribution in [3.63, 3.8) is 0 Å². The van der Waals surface area contributed by atoms with Gasteiger partial charge in [0, 0.05) is 11.6 Å². The van der Waals surface area contributed by atoms with E-state index >= 15 is 0 Å². The summed E-state index contributed by atoms with van der Waals surface area (Å²) in [6.45, 7) is 2.11. The average Bonchev–Trinajstić information content (AvgIpc) is 2.60. The van der Waals surface area contributed by atoms with Gasteiger partial charge in [-0.2, -0.15) is 0 Å². The fourth-order valence-corrected chi connectivity index (χ4v) is 2.67. The lowest BCUT2D eigenvalue weighted by Crippen LogP contribution is -2.35. The van der Waals surface area contributed by atoms with Crippen LogP contribution >= 0.6 is 11.6 Å². The first kappa shape index (κ1) is 16.3. The third kappa shape index (κ3) is 3.87. The first-order valence-electron chi connectivity index (χ1n) is 7.80. The Labute approximate surface area is 146 Å². The third-order valence-electron chi connectivity index (χ3n) is 3.81. The molecular weight excluding hydrogens is 322 g/mol. The van der Waals surface area contributed by atoms with Crippen LogP contribution in [-0.4, -0.2) is 12.0 Å². The van der Waals surface area contributed by atoms with Gasteiger partial charge >= 0.3 is 0 Å². The van der Waals surface area contributed by atoms with Crippen LogP contribution in [0.5, 0.6) is 5.75 Å². The minimum atomic E-state index is -0.589. The van der Waals surface area contributed by atoms with E-state index in [0.717, 1.165) is 16.3 Å². The van der Waals surface area contributed by atoms with Gasteiger partial charge in [0.05, 0.1) is 0 Å². The standard InChI is InChI=1S/C20H18ClNO2/c1-14(20(23)22-13-17-8-4-5-9-19(17)21)24-18-11-10-15-6-2-3-7-16(15)12-18/h2-12,14H,13H2,1H3,(H,22,23)/t14-/m1/s1. The Bertz CT molecular complexity index is 863. The van der Waals surface area contributed by atoms with Gasteiger partial charge in [-0.25, -0.2) is 0 Å². The lowest BCUT2D eigenvalue weighted by Gasteiger charge is -2.15. The maximum absolute atomic E-state index is 12.2. The molecule has 0 aliphatic heterocycles. The Hall–Kier alpha value is -2.52. The largest absolute Gasteiger partial charge is 0.481 e. The molecule has 4 heteroatoms. The summed E-state index contributed by atoms with van der Waals surface area (Å²) in [5.74, 6) is 0.497. The van der Waals surface area contributed by atoms with Gasteiger partial charge in [0.2, 0.25) is 0 Å². The molecule has 0 heterocycles. The van der Waals surface area contributed by atoms with E-state index in [-0.39, 0.29) is 5.91 Å². The molecule has 1 amide bonds. The minimum Gasteiger partial charge on any atom is -0.481 e. The monoisotopic (exact) mass is 339 g/mol. The van der Waals surface area contributed by atoms with Crippen molar-refractivity contribution >= 4 is 28.3 Å². The van der Waals surface area contributed by atoms with Crippen molar-refractivity contribution < 1.29 is 9.53 Å². The summed E-state index contributed by atoms with van der Waals surface area (Å²) < 4.78 is 5.76. The fourth-order valence-electron chi connectivity index (χ4n) is 2.47. The Morgan fingerprint density at radius 2 is 1.75 bits per heavy atom. The van der Waals surface area contributed by atoms with Crippen molar-refractivity contribution in [1.29, 1.82) is 0 Å². The highest BCUT2D eigenvalue weighted by atomic mass is 35.5. The molecule has 0 spiro atoms. The van der Waals surface area contributed by atoms with E-state index in [0.29, 0.717) is 17.3 Å². The molecule has 0 aliphatic carbocycles. The lowest BCUT2D eigenvalue weighted by molar-refractivity contribution is -0.127. The molecule has 122 valence electrons. The van der Waals surface area contributed by atoms with Crippen LogP contribution in [0.2, 0.25) is 5.02 Å². The van der Waals surface area contributed by atoms with Gasteiger partial charge in [0.15, 0.2) is 6.10 Å². The first-order valence-corrected chi connectivity index (χ1v) is 8.18. The third-order valence-corrected chi connectivity index (χ3v) is 4.18. The zero-order chi connectivity index (χ0) is 16.9. The van der Waals surface area contributed by atoms with Gasteiger partial charge < -0.3 is 10.1 Å². The highest BCUT2D eigenvalue weighted by Crippen LogP contribution is 2.21. The Balaban J connectivity index is 1.61. The smallest absolute Gasteiger partial charge is 0.261 e. The Kier molecular flexibility index (Phi) is 5.02. The van der Waals surface area contributed by atoms with Gasteiger partial charge in [0.25, 0.3) is 5.91 Å². The molecule has 0 fully saturated rings. The highest BCUT2D eigenvalue weighted by molar-refractivity contribution is 6.31. The van der Waals surface area contributed by atoms with Gasteiger partial charge in [-0.3, -0.25) is 4.79 Å². The number of benzene rings is 3. The molecule has 1 atom stereocenters. The molecule has 0 aromatic heterocycles. The van der Waals surface area contributed by atoms with Crippen LogP contribution in [0.4, 0.5) is 0 Å².